The van der Waals surface area contributed by atoms with Gasteiger partial charge in [0.2, 0.25) is 0 Å². The predicted molar refractivity (Wildman–Crippen MR) is 118 cm³/mol. The Labute approximate surface area is 192 Å². The van der Waals surface area contributed by atoms with Crippen LogP contribution >= 0.6 is 0 Å². The summed E-state index contributed by atoms with van der Waals surface area (Å²) in [6.07, 6.45) is 5.96. The molecule has 0 radical (unpaired) electrons. The van der Waals surface area contributed by atoms with Gasteiger partial charge in [-0.05, 0) is 25.1 Å². The Morgan fingerprint density at radius 2 is 1.97 bits per heavy atom. The second-order valence-corrected chi connectivity index (χ2v) is 7.80. The van der Waals surface area contributed by atoms with E-state index >= 15 is 0 Å². The second kappa shape index (κ2) is 9.35. The van der Waals surface area contributed by atoms with E-state index in [1.54, 1.807) is 31.5 Å². The van der Waals surface area contributed by atoms with Crippen molar-refractivity contribution in [2.45, 2.75) is 31.7 Å². The number of nitro groups is 1. The van der Waals surface area contributed by atoms with Crippen molar-refractivity contribution in [1.29, 1.82) is 0 Å². The molecule has 0 aliphatic carbocycles. The average molecular weight is 469 g/mol. The van der Waals surface area contributed by atoms with E-state index < -0.39 is 28.2 Å². The van der Waals surface area contributed by atoms with Crippen LogP contribution in [0.25, 0.3) is 0 Å². The first-order chi connectivity index (χ1) is 16.3. The lowest BCUT2D eigenvalue weighted by molar-refractivity contribution is -0.384. The molecule has 2 aromatic heterocycles. The molecular formula is C22H21F2N7O3. The van der Waals surface area contributed by atoms with Crippen molar-refractivity contribution in [2.75, 3.05) is 5.32 Å². The van der Waals surface area contributed by atoms with Crippen molar-refractivity contribution < 1.29 is 18.8 Å². The van der Waals surface area contributed by atoms with Crippen molar-refractivity contribution in [2.24, 2.45) is 0 Å². The molecule has 0 aliphatic heterocycles. The van der Waals surface area contributed by atoms with Gasteiger partial charge in [-0.25, -0.2) is 18.4 Å². The monoisotopic (exact) mass is 469 g/mol. The third-order valence-corrected chi connectivity index (χ3v) is 5.58. The molecule has 0 amide bonds. The summed E-state index contributed by atoms with van der Waals surface area (Å²) in [6.45, 7) is 1.88. The molecule has 4 aromatic rings. The molecular weight excluding hydrogens is 448 g/mol. The minimum atomic E-state index is -1.83. The van der Waals surface area contributed by atoms with E-state index in [0.717, 1.165) is 17.7 Å². The zero-order valence-electron chi connectivity index (χ0n) is 18.0. The molecule has 0 saturated carbocycles. The van der Waals surface area contributed by atoms with Gasteiger partial charge >= 0.3 is 0 Å². The van der Waals surface area contributed by atoms with Gasteiger partial charge in [-0.15, -0.1) is 0 Å². The number of nitrogens with zero attached hydrogens (tertiary/aromatic N) is 6. The van der Waals surface area contributed by atoms with Gasteiger partial charge in [0.05, 0.1) is 23.7 Å². The van der Waals surface area contributed by atoms with Gasteiger partial charge in [0.15, 0.2) is 0 Å². The summed E-state index contributed by atoms with van der Waals surface area (Å²) in [5.74, 6) is -1.64. The number of hydrogen-bond acceptors (Lipinski definition) is 7. The molecule has 0 bridgehead atoms. The van der Waals surface area contributed by atoms with Gasteiger partial charge in [0, 0.05) is 47.8 Å². The van der Waals surface area contributed by atoms with Gasteiger partial charge in [-0.2, -0.15) is 10.2 Å². The maximum absolute atomic E-state index is 14.7. The van der Waals surface area contributed by atoms with Crippen molar-refractivity contribution >= 4 is 11.4 Å². The Bertz CT molecular complexity index is 1280. The molecule has 176 valence electrons. The lowest BCUT2D eigenvalue weighted by Gasteiger charge is -2.34. The summed E-state index contributed by atoms with van der Waals surface area (Å²) in [5, 5.41) is 33.9. The second-order valence-electron chi connectivity index (χ2n) is 7.80. The van der Waals surface area contributed by atoms with Crippen LogP contribution in [0.15, 0.2) is 67.5 Å². The lowest BCUT2D eigenvalue weighted by atomic mass is 9.86. The first-order valence-corrected chi connectivity index (χ1v) is 10.3. The number of aromatic nitrogens is 5. The van der Waals surface area contributed by atoms with Crippen molar-refractivity contribution in [3.63, 3.8) is 0 Å². The largest absolute Gasteiger partial charge is 0.381 e. The number of benzene rings is 2. The molecule has 2 atom stereocenters. The Morgan fingerprint density at radius 1 is 1.21 bits per heavy atom. The number of halogens is 2. The Kier molecular flexibility index (Phi) is 6.32. The fraction of sp³-hybridized carbons (Fsp3) is 0.227. The number of aliphatic hydroxyl groups is 1. The van der Waals surface area contributed by atoms with Crippen LogP contribution < -0.4 is 5.32 Å². The van der Waals surface area contributed by atoms with Crippen molar-refractivity contribution in [1.82, 2.24) is 24.5 Å². The van der Waals surface area contributed by atoms with Crippen molar-refractivity contribution in [3.05, 3.63) is 100 Å². The third kappa shape index (κ3) is 4.76. The maximum atomic E-state index is 14.7. The number of hydrogen-bond donors (Lipinski definition) is 2. The average Bonchev–Trinajstić information content (AvgIpc) is 3.49. The zero-order valence-corrected chi connectivity index (χ0v) is 18.0. The standard InChI is InChI=1S/C22H21F2N7O3/c1-15(22(32,12-29-14-25-13-28-29)20-7-2-17(23)8-21(20)24)30-11-16(10-27-30)9-26-18-3-5-19(6-4-18)31(33)34/h2-8,10-11,13-15,26,32H,9,12H2,1H3/t15-,22-/m1/s1. The van der Waals surface area contributed by atoms with Crippen molar-refractivity contribution in [3.8, 4) is 0 Å². The van der Waals surface area contributed by atoms with Crippen LogP contribution in [0.4, 0.5) is 20.2 Å². The summed E-state index contributed by atoms with van der Waals surface area (Å²) in [5.41, 5.74) is -0.499. The number of rotatable bonds is 9. The molecule has 0 unspecified atom stereocenters. The SMILES string of the molecule is C[C@@H](n1cc(CNc2ccc([N+](=O)[O-])cc2)cn1)[C@](O)(Cn1cncn1)c1ccc(F)cc1F. The highest BCUT2D eigenvalue weighted by Crippen LogP contribution is 2.36. The van der Waals surface area contributed by atoms with Crippen LogP contribution in [0.2, 0.25) is 0 Å². The van der Waals surface area contributed by atoms with E-state index in [1.807, 2.05) is 0 Å². The molecule has 4 rings (SSSR count). The summed E-state index contributed by atoms with van der Waals surface area (Å²) in [4.78, 5) is 14.2. The van der Waals surface area contributed by atoms with Crippen LogP contribution in [0, 0.1) is 21.7 Å². The molecule has 10 nitrogen and oxygen atoms in total. The Hall–Kier alpha value is -4.19. The van der Waals surface area contributed by atoms with Gasteiger partial charge in [-0.3, -0.25) is 14.8 Å². The molecule has 34 heavy (non-hydrogen) atoms. The molecule has 0 fully saturated rings. The minimum absolute atomic E-state index is 0.00751. The number of nitrogens with one attached hydrogen (secondary N) is 1. The fourth-order valence-electron chi connectivity index (χ4n) is 3.65. The van der Waals surface area contributed by atoms with Crippen LogP contribution in [0.3, 0.4) is 0 Å². The van der Waals surface area contributed by atoms with Gasteiger partial charge in [0.25, 0.3) is 5.69 Å². The highest BCUT2D eigenvalue weighted by atomic mass is 19.1. The number of anilines is 1. The third-order valence-electron chi connectivity index (χ3n) is 5.58. The highest BCUT2D eigenvalue weighted by molar-refractivity contribution is 5.48. The minimum Gasteiger partial charge on any atom is -0.381 e. The van der Waals surface area contributed by atoms with Crippen LogP contribution in [0.5, 0.6) is 0 Å². The molecule has 2 aromatic carbocycles. The summed E-state index contributed by atoms with van der Waals surface area (Å²) in [6, 6.07) is 8.23. The van der Waals surface area contributed by atoms with E-state index in [9.17, 15) is 24.0 Å². The Balaban J connectivity index is 1.56. The number of non-ortho nitro benzene ring substituents is 1. The van der Waals surface area contributed by atoms with Gasteiger partial charge < -0.3 is 10.4 Å². The molecule has 12 heteroatoms. The number of nitro benzene ring substituents is 1. The lowest BCUT2D eigenvalue weighted by Crippen LogP contribution is -2.40. The van der Waals surface area contributed by atoms with E-state index in [0.29, 0.717) is 12.2 Å². The molecule has 0 saturated heterocycles. The summed E-state index contributed by atoms with van der Waals surface area (Å²) >= 11 is 0. The van der Waals surface area contributed by atoms with Crippen LogP contribution in [-0.2, 0) is 18.7 Å². The zero-order chi connectivity index (χ0) is 24.3. The normalized spacial score (nSPS) is 13.9. The smallest absolute Gasteiger partial charge is 0.269 e. The molecule has 0 aliphatic rings. The maximum Gasteiger partial charge on any atom is 0.269 e. The predicted octanol–water partition coefficient (Wildman–Crippen LogP) is 3.42. The summed E-state index contributed by atoms with van der Waals surface area (Å²) < 4.78 is 31.1. The topological polar surface area (TPSA) is 124 Å². The molecule has 0 spiro atoms. The van der Waals surface area contributed by atoms with Gasteiger partial charge in [-0.1, -0.05) is 6.07 Å². The molecule has 2 heterocycles. The quantitative estimate of drug-likeness (QED) is 0.284. The Morgan fingerprint density at radius 3 is 2.62 bits per heavy atom. The highest BCUT2D eigenvalue weighted by Gasteiger charge is 2.40. The van der Waals surface area contributed by atoms with Crippen LogP contribution in [-0.4, -0.2) is 34.6 Å². The van der Waals surface area contributed by atoms with E-state index in [2.05, 4.69) is 20.5 Å². The van der Waals surface area contributed by atoms with E-state index in [-0.39, 0.29) is 17.8 Å². The van der Waals surface area contributed by atoms with E-state index in [4.69, 9.17) is 0 Å². The van der Waals surface area contributed by atoms with E-state index in [1.165, 1.54) is 40.2 Å². The summed E-state index contributed by atoms with van der Waals surface area (Å²) in [7, 11) is 0. The first-order valence-electron chi connectivity index (χ1n) is 10.3. The van der Waals surface area contributed by atoms with Gasteiger partial charge in [0.1, 0.15) is 29.9 Å². The first kappa shape index (κ1) is 23.0. The fourth-order valence-corrected chi connectivity index (χ4v) is 3.65. The molecule has 2 N–H and O–H groups in total. The van der Waals surface area contributed by atoms with Crippen LogP contribution in [0.1, 0.15) is 24.1 Å².